The lowest BCUT2D eigenvalue weighted by Gasteiger charge is -2.39. The van der Waals surface area contributed by atoms with Gasteiger partial charge in [0.05, 0.1) is 5.56 Å². The van der Waals surface area contributed by atoms with Gasteiger partial charge in [-0.2, -0.15) is 0 Å². The Balaban J connectivity index is 1.91. The maximum atomic E-state index is 14.4. The molecule has 23 heavy (non-hydrogen) atoms. The van der Waals surface area contributed by atoms with Gasteiger partial charge in [-0.3, -0.25) is 9.59 Å². The van der Waals surface area contributed by atoms with Gasteiger partial charge < -0.3 is 16.0 Å². The minimum atomic E-state index is -0.593. The molecule has 0 saturated carbocycles. The number of nitrogens with one attached hydrogen (secondary N) is 1. The van der Waals surface area contributed by atoms with Crippen LogP contribution in [0.4, 0.5) is 10.1 Å². The third-order valence-electron chi connectivity index (χ3n) is 4.94. The highest BCUT2D eigenvalue weighted by Gasteiger charge is 2.33. The average molecular weight is 319 g/mol. The topological polar surface area (TPSA) is 75.4 Å². The Bertz CT molecular complexity index is 647. The van der Waals surface area contributed by atoms with E-state index in [1.807, 2.05) is 0 Å². The van der Waals surface area contributed by atoms with E-state index in [1.165, 1.54) is 6.07 Å². The Morgan fingerprint density at radius 2 is 2.22 bits per heavy atom. The van der Waals surface area contributed by atoms with E-state index in [0.29, 0.717) is 37.5 Å². The smallest absolute Gasteiger partial charge is 0.257 e. The van der Waals surface area contributed by atoms with Crippen LogP contribution >= 0.6 is 0 Å². The monoisotopic (exact) mass is 319 g/mol. The minimum Gasteiger partial charge on any atom is -0.334 e. The van der Waals surface area contributed by atoms with Gasteiger partial charge in [0.15, 0.2) is 0 Å². The van der Waals surface area contributed by atoms with E-state index in [1.54, 1.807) is 11.0 Å². The predicted octanol–water partition coefficient (Wildman–Crippen LogP) is 1.91. The standard InChI is InChI=1S/C17H22FN3O2/c1-10-3-2-6-21(15(10)9-19)17(23)12-7-11-4-5-16(22)20-14(11)8-13(12)18/h7-8,10,15H,2-6,9,19H2,1H3,(H,20,22). The number of halogens is 1. The number of rotatable bonds is 2. The van der Waals surface area contributed by atoms with Crippen molar-refractivity contribution in [3.63, 3.8) is 0 Å². The summed E-state index contributed by atoms with van der Waals surface area (Å²) in [6, 6.07) is 2.79. The third kappa shape index (κ3) is 2.95. The molecule has 1 aromatic rings. The molecule has 0 spiro atoms. The second kappa shape index (κ2) is 6.28. The molecule has 5 nitrogen and oxygen atoms in total. The van der Waals surface area contributed by atoms with Gasteiger partial charge in [-0.1, -0.05) is 6.92 Å². The Hall–Kier alpha value is -1.95. The van der Waals surface area contributed by atoms with Gasteiger partial charge in [0.2, 0.25) is 5.91 Å². The van der Waals surface area contributed by atoms with E-state index in [-0.39, 0.29) is 23.4 Å². The summed E-state index contributed by atoms with van der Waals surface area (Å²) in [7, 11) is 0. The molecule has 6 heteroatoms. The van der Waals surface area contributed by atoms with E-state index >= 15 is 0 Å². The van der Waals surface area contributed by atoms with Crippen molar-refractivity contribution in [1.82, 2.24) is 4.90 Å². The van der Waals surface area contributed by atoms with E-state index in [0.717, 1.165) is 18.4 Å². The van der Waals surface area contributed by atoms with Gasteiger partial charge in [0.25, 0.3) is 5.91 Å². The molecule has 2 amide bonds. The van der Waals surface area contributed by atoms with Gasteiger partial charge in [-0.05, 0) is 42.9 Å². The van der Waals surface area contributed by atoms with Crippen molar-refractivity contribution in [1.29, 1.82) is 0 Å². The van der Waals surface area contributed by atoms with Gasteiger partial charge in [0.1, 0.15) is 5.82 Å². The van der Waals surface area contributed by atoms with Crippen LogP contribution in [0, 0.1) is 11.7 Å². The maximum absolute atomic E-state index is 14.4. The molecule has 0 aromatic heterocycles. The van der Waals surface area contributed by atoms with Crippen molar-refractivity contribution in [3.05, 3.63) is 29.1 Å². The summed E-state index contributed by atoms with van der Waals surface area (Å²) in [5, 5.41) is 2.65. The summed E-state index contributed by atoms with van der Waals surface area (Å²) >= 11 is 0. The number of hydrogen-bond acceptors (Lipinski definition) is 3. The number of hydrogen-bond donors (Lipinski definition) is 2. The van der Waals surface area contributed by atoms with E-state index in [2.05, 4.69) is 12.2 Å². The van der Waals surface area contributed by atoms with Crippen LogP contribution in [0.1, 0.15) is 42.1 Å². The number of nitrogens with zero attached hydrogens (tertiary/aromatic N) is 1. The summed E-state index contributed by atoms with van der Waals surface area (Å²) < 4.78 is 14.4. The molecular formula is C17H22FN3O2. The van der Waals surface area contributed by atoms with E-state index < -0.39 is 5.82 Å². The van der Waals surface area contributed by atoms with Crippen molar-refractivity contribution in [2.45, 2.75) is 38.6 Å². The van der Waals surface area contributed by atoms with E-state index in [4.69, 9.17) is 5.73 Å². The van der Waals surface area contributed by atoms with Crippen molar-refractivity contribution in [2.75, 3.05) is 18.4 Å². The molecule has 2 aliphatic heterocycles. The van der Waals surface area contributed by atoms with E-state index in [9.17, 15) is 14.0 Å². The number of anilines is 1. The number of amides is 2. The fraction of sp³-hybridized carbons (Fsp3) is 0.529. The van der Waals surface area contributed by atoms with Crippen LogP contribution in [0.3, 0.4) is 0 Å². The second-order valence-electron chi connectivity index (χ2n) is 6.46. The first-order valence-corrected chi connectivity index (χ1v) is 8.14. The molecule has 0 aliphatic carbocycles. The lowest BCUT2D eigenvalue weighted by molar-refractivity contribution is -0.116. The molecule has 1 fully saturated rings. The maximum Gasteiger partial charge on any atom is 0.257 e. The summed E-state index contributed by atoms with van der Waals surface area (Å²) in [5.74, 6) is -0.698. The Morgan fingerprint density at radius 1 is 1.43 bits per heavy atom. The van der Waals surface area contributed by atoms with Crippen LogP contribution in [-0.4, -0.2) is 35.8 Å². The SMILES string of the molecule is CC1CCCN(C(=O)c2cc3c(cc2F)NC(=O)CC3)C1CN. The molecule has 0 bridgehead atoms. The average Bonchev–Trinajstić information content (AvgIpc) is 2.53. The molecule has 0 radical (unpaired) electrons. The minimum absolute atomic E-state index is 0.0496. The normalized spacial score (nSPS) is 24.1. The zero-order valence-electron chi connectivity index (χ0n) is 13.3. The number of fused-ring (bicyclic) bond motifs is 1. The number of benzene rings is 1. The van der Waals surface area contributed by atoms with Crippen LogP contribution in [0.5, 0.6) is 0 Å². The molecule has 1 aromatic carbocycles. The molecule has 1 saturated heterocycles. The van der Waals surface area contributed by atoms with Crippen molar-refractivity contribution in [3.8, 4) is 0 Å². The van der Waals surface area contributed by atoms with Crippen LogP contribution in [0.15, 0.2) is 12.1 Å². The fourth-order valence-corrected chi connectivity index (χ4v) is 3.58. The molecule has 3 N–H and O–H groups in total. The molecule has 3 rings (SSSR count). The molecule has 124 valence electrons. The van der Waals surface area contributed by atoms with Crippen molar-refractivity contribution < 1.29 is 14.0 Å². The fourth-order valence-electron chi connectivity index (χ4n) is 3.58. The number of nitrogens with two attached hydrogens (primary N) is 1. The van der Waals surface area contributed by atoms with Gasteiger partial charge in [-0.15, -0.1) is 0 Å². The number of piperidine rings is 1. The molecular weight excluding hydrogens is 297 g/mol. The van der Waals surface area contributed by atoms with Crippen LogP contribution < -0.4 is 11.1 Å². The van der Waals surface area contributed by atoms with Crippen LogP contribution in [0.25, 0.3) is 0 Å². The number of carbonyl (C=O) groups excluding carboxylic acids is 2. The Morgan fingerprint density at radius 3 is 2.96 bits per heavy atom. The molecule has 2 heterocycles. The molecule has 2 unspecified atom stereocenters. The first kappa shape index (κ1) is 15.9. The first-order valence-electron chi connectivity index (χ1n) is 8.14. The molecule has 2 aliphatic rings. The highest BCUT2D eigenvalue weighted by molar-refractivity contribution is 5.98. The number of likely N-dealkylation sites (tertiary alicyclic amines) is 1. The van der Waals surface area contributed by atoms with Gasteiger partial charge in [0, 0.05) is 31.2 Å². The van der Waals surface area contributed by atoms with Crippen molar-refractivity contribution in [2.24, 2.45) is 11.7 Å². The summed E-state index contributed by atoms with van der Waals surface area (Å²) in [4.78, 5) is 25.9. The summed E-state index contributed by atoms with van der Waals surface area (Å²) in [5.41, 5.74) is 7.18. The van der Waals surface area contributed by atoms with Gasteiger partial charge in [-0.25, -0.2) is 4.39 Å². The third-order valence-corrected chi connectivity index (χ3v) is 4.94. The lowest BCUT2D eigenvalue weighted by atomic mass is 9.90. The highest BCUT2D eigenvalue weighted by Crippen LogP contribution is 2.29. The van der Waals surface area contributed by atoms with Crippen molar-refractivity contribution >= 4 is 17.5 Å². The van der Waals surface area contributed by atoms with Crippen LogP contribution in [0.2, 0.25) is 0 Å². The summed E-state index contributed by atoms with van der Waals surface area (Å²) in [6.07, 6.45) is 2.83. The number of aryl methyl sites for hydroxylation is 1. The van der Waals surface area contributed by atoms with Crippen LogP contribution in [-0.2, 0) is 11.2 Å². The number of carbonyl (C=O) groups is 2. The largest absolute Gasteiger partial charge is 0.334 e. The zero-order valence-corrected chi connectivity index (χ0v) is 13.3. The highest BCUT2D eigenvalue weighted by atomic mass is 19.1. The first-order chi connectivity index (χ1) is 11.0. The zero-order chi connectivity index (χ0) is 16.6. The Labute approximate surface area is 135 Å². The lowest BCUT2D eigenvalue weighted by Crippen LogP contribution is -2.51. The quantitative estimate of drug-likeness (QED) is 0.874. The second-order valence-corrected chi connectivity index (χ2v) is 6.46. The molecule has 2 atom stereocenters. The predicted molar refractivity (Wildman–Crippen MR) is 85.6 cm³/mol. The van der Waals surface area contributed by atoms with Gasteiger partial charge >= 0.3 is 0 Å². The summed E-state index contributed by atoms with van der Waals surface area (Å²) in [6.45, 7) is 3.07. The Kier molecular flexibility index (Phi) is 4.35.